The second kappa shape index (κ2) is 7.38. The maximum atomic E-state index is 12.9. The second-order valence-corrected chi connectivity index (χ2v) is 7.09. The van der Waals surface area contributed by atoms with Gasteiger partial charge in [-0.1, -0.05) is 25.4 Å². The average Bonchev–Trinajstić information content (AvgIpc) is 2.95. The Morgan fingerprint density at radius 3 is 2.68 bits per heavy atom. The molecule has 0 aliphatic heterocycles. The molecule has 0 unspecified atom stereocenters. The van der Waals surface area contributed by atoms with Crippen molar-refractivity contribution in [1.82, 2.24) is 14.6 Å². The molecule has 6 nitrogen and oxygen atoms in total. The van der Waals surface area contributed by atoms with E-state index in [1.54, 1.807) is 16.8 Å². The first-order valence-corrected chi connectivity index (χ1v) is 8.80. The van der Waals surface area contributed by atoms with Crippen molar-refractivity contribution in [3.05, 3.63) is 58.3 Å². The van der Waals surface area contributed by atoms with Gasteiger partial charge in [-0.15, -0.1) is 0 Å². The third kappa shape index (κ3) is 4.09. The molecular weight excluding hydrogens is 397 g/mol. The molecule has 10 heteroatoms. The third-order valence-corrected chi connectivity index (χ3v) is 4.41. The fourth-order valence-electron chi connectivity index (χ4n) is 3.04. The van der Waals surface area contributed by atoms with Crippen LogP contribution in [-0.2, 0) is 23.8 Å². The summed E-state index contributed by atoms with van der Waals surface area (Å²) in [6, 6.07) is 3.09. The molecule has 0 saturated carbocycles. The topological polar surface area (TPSA) is 71.4 Å². The molecule has 0 amide bonds. The number of rotatable bonds is 5. The summed E-state index contributed by atoms with van der Waals surface area (Å²) in [6.45, 7) is 3.85. The van der Waals surface area contributed by atoms with Crippen molar-refractivity contribution in [2.24, 2.45) is 0 Å². The first-order chi connectivity index (χ1) is 13.1. The molecule has 3 heterocycles. The van der Waals surface area contributed by atoms with Gasteiger partial charge in [0.1, 0.15) is 5.78 Å². The maximum Gasteiger partial charge on any atom is 0.416 e. The number of alkyl halides is 3. The second-order valence-electron chi connectivity index (χ2n) is 6.70. The number of ketones is 1. The fraction of sp³-hybridized carbons (Fsp3) is 0.333. The van der Waals surface area contributed by atoms with E-state index in [2.05, 4.69) is 10.1 Å². The van der Waals surface area contributed by atoms with E-state index in [9.17, 15) is 23.2 Å². The number of fused-ring (bicyclic) bond motifs is 1. The molecule has 28 heavy (non-hydrogen) atoms. The highest BCUT2D eigenvalue weighted by Crippen LogP contribution is 2.29. The number of Topliss-reactive ketones (excluding diaryl/α,β-unsaturated/α-hetero) is 1. The van der Waals surface area contributed by atoms with Crippen molar-refractivity contribution in [3.8, 4) is 0 Å². The van der Waals surface area contributed by atoms with Crippen molar-refractivity contribution < 1.29 is 27.9 Å². The zero-order chi connectivity index (χ0) is 20.6. The molecule has 3 aromatic rings. The number of halogens is 4. The lowest BCUT2D eigenvalue weighted by atomic mass is 9.99. The maximum absolute atomic E-state index is 12.9. The smallest absolute Gasteiger partial charge is 0.299 e. The minimum Gasteiger partial charge on any atom is -0.299 e. The van der Waals surface area contributed by atoms with Gasteiger partial charge in [-0.05, 0) is 11.5 Å². The number of carbonyl (C=O) groups is 1. The van der Waals surface area contributed by atoms with Gasteiger partial charge >= 0.3 is 6.18 Å². The van der Waals surface area contributed by atoms with Crippen molar-refractivity contribution >= 4 is 23.0 Å². The van der Waals surface area contributed by atoms with E-state index in [0.29, 0.717) is 15.9 Å². The molecule has 0 fully saturated rings. The first kappa shape index (κ1) is 20.1. The highest BCUT2D eigenvalue weighted by molar-refractivity contribution is 6.29. The molecule has 0 spiro atoms. The normalized spacial score (nSPS) is 12.1. The quantitative estimate of drug-likeness (QED) is 0.514. The van der Waals surface area contributed by atoms with Crippen molar-refractivity contribution in [1.29, 1.82) is 0 Å². The van der Waals surface area contributed by atoms with Crippen molar-refractivity contribution in [2.45, 2.75) is 38.8 Å². The molecule has 3 aromatic heterocycles. The Hall–Kier alpha value is -2.68. The van der Waals surface area contributed by atoms with Crippen LogP contribution in [0.25, 0.3) is 5.65 Å². The molecule has 1 N–H and O–H groups in total. The van der Waals surface area contributed by atoms with Crippen LogP contribution in [0, 0.1) is 0 Å². The summed E-state index contributed by atoms with van der Waals surface area (Å²) in [5.74, 6) is -0.371. The molecule has 0 radical (unpaired) electrons. The van der Waals surface area contributed by atoms with Crippen LogP contribution in [0.3, 0.4) is 0 Å². The number of nitrogens with zero attached hydrogens (tertiary/aromatic N) is 4. The van der Waals surface area contributed by atoms with Gasteiger partial charge in [0.15, 0.2) is 10.8 Å². The van der Waals surface area contributed by atoms with Gasteiger partial charge in [-0.25, -0.2) is 9.50 Å². The predicted molar refractivity (Wildman–Crippen MR) is 93.3 cm³/mol. The summed E-state index contributed by atoms with van der Waals surface area (Å²) in [5.41, 5.74) is 0.797. The van der Waals surface area contributed by atoms with Gasteiger partial charge in [0.05, 0.1) is 17.7 Å². The highest BCUT2D eigenvalue weighted by Gasteiger charge is 2.33. The van der Waals surface area contributed by atoms with E-state index in [4.69, 9.17) is 11.6 Å². The Bertz CT molecular complexity index is 1050. The average molecular weight is 414 g/mol. The number of pyridine rings is 1. The van der Waals surface area contributed by atoms with Crippen LogP contribution in [0.5, 0.6) is 0 Å². The minimum atomic E-state index is -4.56. The lowest BCUT2D eigenvalue weighted by molar-refractivity contribution is -0.909. The lowest BCUT2D eigenvalue weighted by Crippen LogP contribution is -2.37. The monoisotopic (exact) mass is 413 g/mol. The Labute approximate surface area is 163 Å². The molecule has 0 aromatic carbocycles. The molecule has 0 atom stereocenters. The van der Waals surface area contributed by atoms with Gasteiger partial charge in [-0.3, -0.25) is 10.0 Å². The van der Waals surface area contributed by atoms with E-state index < -0.39 is 11.7 Å². The van der Waals surface area contributed by atoms with Crippen LogP contribution in [0.2, 0.25) is 5.15 Å². The van der Waals surface area contributed by atoms with Crippen LogP contribution in [0.15, 0.2) is 30.6 Å². The summed E-state index contributed by atoms with van der Waals surface area (Å²) >= 11 is 5.93. The van der Waals surface area contributed by atoms with E-state index in [-0.39, 0.29) is 35.4 Å². The standard InChI is InChI=1S/C18H17ClF3N4O2/c1-10(2)17-11(9-23-16-8-15(19)24-26(16)17)5-14(27)7-13-6-12(18(20,21)22)3-4-25(13)28/h3-4,6,8-10,28H,5,7H2,1-2H3/q+1. The van der Waals surface area contributed by atoms with E-state index >= 15 is 0 Å². The molecule has 0 aliphatic rings. The summed E-state index contributed by atoms with van der Waals surface area (Å²) in [4.78, 5) is 16.8. The Kier molecular flexibility index (Phi) is 5.29. The molecule has 0 bridgehead atoms. The zero-order valence-corrected chi connectivity index (χ0v) is 15.8. The van der Waals surface area contributed by atoms with Crippen LogP contribution >= 0.6 is 11.6 Å². The van der Waals surface area contributed by atoms with Gasteiger partial charge in [0.25, 0.3) is 0 Å². The molecule has 0 saturated heterocycles. The summed E-state index contributed by atoms with van der Waals surface area (Å²) < 4.78 is 40.7. The van der Waals surface area contributed by atoms with Crippen LogP contribution in [-0.4, -0.2) is 25.6 Å². The number of aromatic nitrogens is 4. The van der Waals surface area contributed by atoms with E-state index in [1.165, 1.54) is 0 Å². The predicted octanol–water partition coefficient (Wildman–Crippen LogP) is 3.40. The largest absolute Gasteiger partial charge is 0.416 e. The van der Waals surface area contributed by atoms with Gasteiger partial charge in [-0.2, -0.15) is 18.3 Å². The summed E-state index contributed by atoms with van der Waals surface area (Å²) in [6.07, 6.45) is -2.59. The fourth-order valence-corrected chi connectivity index (χ4v) is 3.21. The molecule has 0 aliphatic carbocycles. The SMILES string of the molecule is CC(C)c1c(CC(=O)Cc2cc(C(F)(F)F)cc[n+]2O)cnc2cc(Cl)nn12. The molecular formula is C18H17ClF3N4O2+. The minimum absolute atomic E-state index is 0.000557. The first-order valence-electron chi connectivity index (χ1n) is 8.42. The van der Waals surface area contributed by atoms with E-state index in [0.717, 1.165) is 24.0 Å². The highest BCUT2D eigenvalue weighted by atomic mass is 35.5. The Morgan fingerprint density at radius 1 is 1.32 bits per heavy atom. The third-order valence-electron chi connectivity index (χ3n) is 4.22. The van der Waals surface area contributed by atoms with Crippen LogP contribution in [0.4, 0.5) is 13.2 Å². The van der Waals surface area contributed by atoms with Gasteiger partial charge in [0, 0.05) is 35.5 Å². The van der Waals surface area contributed by atoms with Crippen molar-refractivity contribution in [2.75, 3.05) is 0 Å². The van der Waals surface area contributed by atoms with Crippen LogP contribution in [0.1, 0.15) is 42.3 Å². The zero-order valence-electron chi connectivity index (χ0n) is 15.0. The summed E-state index contributed by atoms with van der Waals surface area (Å²) in [7, 11) is 0. The summed E-state index contributed by atoms with van der Waals surface area (Å²) in [5, 5.41) is 14.2. The molecule has 148 valence electrons. The number of carbonyl (C=O) groups excluding carboxylic acids is 1. The van der Waals surface area contributed by atoms with Crippen molar-refractivity contribution in [3.63, 3.8) is 0 Å². The van der Waals surface area contributed by atoms with Crippen LogP contribution < -0.4 is 4.73 Å². The number of hydrogen-bond donors (Lipinski definition) is 1. The van der Waals surface area contributed by atoms with E-state index in [1.807, 2.05) is 13.8 Å². The Morgan fingerprint density at radius 2 is 2.04 bits per heavy atom. The lowest BCUT2D eigenvalue weighted by Gasteiger charge is -2.13. The molecule has 3 rings (SSSR count). The van der Waals surface area contributed by atoms with Gasteiger partial charge < -0.3 is 0 Å². The van der Waals surface area contributed by atoms with Gasteiger partial charge in [0.2, 0.25) is 11.9 Å². The number of hydrogen-bond acceptors (Lipinski definition) is 4. The Balaban J connectivity index is 1.89.